The third kappa shape index (κ3) is 6.48. The van der Waals surface area contributed by atoms with Gasteiger partial charge in [0.25, 0.3) is 0 Å². The van der Waals surface area contributed by atoms with Crippen LogP contribution in [0.5, 0.6) is 0 Å². The minimum Gasteiger partial charge on any atom is -0.311 e. The van der Waals surface area contributed by atoms with Gasteiger partial charge >= 0.3 is 0 Å². The maximum absolute atomic E-state index is 2.38. The maximum Gasteiger partial charge on any atom is 0.0462 e. The summed E-state index contributed by atoms with van der Waals surface area (Å²) >= 11 is 0. The fraction of sp³-hybridized carbons (Fsp3) is 0.111. The average Bonchev–Trinajstić information content (AvgIpc) is 3.46. The molecule has 0 amide bonds. The molecule has 8 aromatic rings. The Bertz CT molecular complexity index is 2590. The van der Waals surface area contributed by atoms with E-state index in [1.165, 1.54) is 61.2 Å². The Labute approximate surface area is 332 Å². The number of hydrogen-bond donors (Lipinski definition) is 0. The Morgan fingerprint density at radius 2 is 0.607 bits per heavy atom. The molecule has 0 saturated heterocycles. The molecule has 9 rings (SSSR count). The van der Waals surface area contributed by atoms with Crippen LogP contribution in [0.1, 0.15) is 41.7 Å². The highest BCUT2D eigenvalue weighted by Gasteiger charge is 2.35. The van der Waals surface area contributed by atoms with E-state index in [-0.39, 0.29) is 5.41 Å². The lowest BCUT2D eigenvalue weighted by atomic mass is 9.82. The highest BCUT2D eigenvalue weighted by atomic mass is 15.1. The number of aryl methyl sites for hydroxylation is 3. The largest absolute Gasteiger partial charge is 0.311 e. The molecule has 0 unspecified atom stereocenters. The Hall–Kier alpha value is -6.64. The quantitative estimate of drug-likeness (QED) is 0.154. The van der Waals surface area contributed by atoms with Crippen LogP contribution in [0.4, 0.5) is 34.1 Å². The fourth-order valence-corrected chi connectivity index (χ4v) is 8.28. The Morgan fingerprint density at radius 1 is 0.304 bits per heavy atom. The summed E-state index contributed by atoms with van der Waals surface area (Å²) in [6, 6.07) is 69.0. The lowest BCUT2D eigenvalue weighted by Crippen LogP contribution is -2.14. The lowest BCUT2D eigenvalue weighted by molar-refractivity contribution is 0.660. The number of anilines is 6. The summed E-state index contributed by atoms with van der Waals surface area (Å²) in [5, 5.41) is 0. The Morgan fingerprint density at radius 3 is 1.00 bits per heavy atom. The summed E-state index contributed by atoms with van der Waals surface area (Å²) in [6.45, 7) is 11.1. The van der Waals surface area contributed by atoms with E-state index < -0.39 is 0 Å². The van der Waals surface area contributed by atoms with Gasteiger partial charge in [0.2, 0.25) is 0 Å². The molecule has 1 aliphatic rings. The van der Waals surface area contributed by atoms with E-state index in [1.54, 1.807) is 0 Å². The van der Waals surface area contributed by atoms with Crippen molar-refractivity contribution in [2.24, 2.45) is 0 Å². The van der Waals surface area contributed by atoms with Crippen LogP contribution in [0.2, 0.25) is 0 Å². The van der Waals surface area contributed by atoms with Gasteiger partial charge in [0.15, 0.2) is 0 Å². The molecule has 0 spiro atoms. The van der Waals surface area contributed by atoms with Gasteiger partial charge < -0.3 is 9.80 Å². The number of fused-ring (bicyclic) bond motifs is 3. The summed E-state index contributed by atoms with van der Waals surface area (Å²) < 4.78 is 0. The second-order valence-electron chi connectivity index (χ2n) is 15.7. The molecular formula is C54H46N2. The first kappa shape index (κ1) is 35.1. The van der Waals surface area contributed by atoms with Crippen molar-refractivity contribution >= 4 is 34.1 Å². The molecule has 0 aromatic heterocycles. The summed E-state index contributed by atoms with van der Waals surface area (Å²) in [5.41, 5.74) is 20.8. The zero-order valence-corrected chi connectivity index (χ0v) is 32.8. The van der Waals surface area contributed by atoms with Gasteiger partial charge in [-0.2, -0.15) is 0 Å². The molecule has 0 atom stereocenters. The van der Waals surface area contributed by atoms with Gasteiger partial charge in [-0.25, -0.2) is 0 Å². The maximum atomic E-state index is 2.38. The molecule has 0 radical (unpaired) electrons. The predicted octanol–water partition coefficient (Wildman–Crippen LogP) is 15.2. The van der Waals surface area contributed by atoms with E-state index in [2.05, 4.69) is 232 Å². The van der Waals surface area contributed by atoms with Crippen LogP contribution in [0.15, 0.2) is 188 Å². The normalized spacial score (nSPS) is 12.5. The van der Waals surface area contributed by atoms with Crippen molar-refractivity contribution in [1.29, 1.82) is 0 Å². The van der Waals surface area contributed by atoms with E-state index in [0.717, 1.165) is 34.1 Å². The highest BCUT2D eigenvalue weighted by molar-refractivity contribution is 5.86. The van der Waals surface area contributed by atoms with Crippen LogP contribution >= 0.6 is 0 Å². The van der Waals surface area contributed by atoms with Gasteiger partial charge in [0.1, 0.15) is 0 Å². The highest BCUT2D eigenvalue weighted by Crippen LogP contribution is 2.49. The van der Waals surface area contributed by atoms with Crippen molar-refractivity contribution in [3.8, 4) is 33.4 Å². The van der Waals surface area contributed by atoms with Crippen molar-refractivity contribution in [2.45, 2.75) is 40.0 Å². The summed E-state index contributed by atoms with van der Waals surface area (Å²) in [4.78, 5) is 4.67. The molecule has 2 nitrogen and oxygen atoms in total. The first-order valence-corrected chi connectivity index (χ1v) is 19.6. The van der Waals surface area contributed by atoms with Crippen LogP contribution < -0.4 is 9.80 Å². The SMILES string of the molecule is Cc1ccc(N(c2ccc(C)cc2)c2ccc(-c3ccc(N(c4ccc(C)cc4)c4ccc(-c5ccc6c(c5)-c5ccccc5C6(C)C)cc4)cc3)cc2)cc1. The molecule has 272 valence electrons. The minimum absolute atomic E-state index is 0.00639. The van der Waals surface area contributed by atoms with Crippen molar-refractivity contribution in [3.05, 3.63) is 216 Å². The zero-order chi connectivity index (χ0) is 38.4. The molecule has 0 aliphatic heterocycles. The van der Waals surface area contributed by atoms with Gasteiger partial charge in [-0.3, -0.25) is 0 Å². The molecule has 8 aromatic carbocycles. The Kier molecular flexibility index (Phi) is 8.90. The zero-order valence-electron chi connectivity index (χ0n) is 32.8. The first-order valence-electron chi connectivity index (χ1n) is 19.6. The number of nitrogens with zero attached hydrogens (tertiary/aromatic N) is 2. The van der Waals surface area contributed by atoms with Crippen molar-refractivity contribution in [3.63, 3.8) is 0 Å². The van der Waals surface area contributed by atoms with Crippen molar-refractivity contribution < 1.29 is 0 Å². The van der Waals surface area contributed by atoms with E-state index in [1.807, 2.05) is 0 Å². The van der Waals surface area contributed by atoms with Crippen LogP contribution in [-0.4, -0.2) is 0 Å². The molecule has 0 N–H and O–H groups in total. The minimum atomic E-state index is 0.00639. The van der Waals surface area contributed by atoms with Gasteiger partial charge in [-0.15, -0.1) is 0 Å². The summed E-state index contributed by atoms with van der Waals surface area (Å²) in [5.74, 6) is 0. The van der Waals surface area contributed by atoms with Crippen LogP contribution in [0, 0.1) is 20.8 Å². The molecule has 0 saturated carbocycles. The molecule has 0 bridgehead atoms. The van der Waals surface area contributed by atoms with E-state index >= 15 is 0 Å². The Balaban J connectivity index is 1.01. The standard InChI is InChI=1S/C54H46N2/c1-37-10-23-44(24-11-37)55(45-25-12-38(2)13-26-45)47-29-16-40(17-30-47)41-18-31-48(32-19-41)56(46-27-14-39(3)15-28-46)49-33-20-42(21-34-49)43-22-35-53-51(36-43)50-8-6-7-9-52(50)54(53,4)5/h6-36H,1-5H3. The number of hydrogen-bond acceptors (Lipinski definition) is 2. The molecule has 2 heteroatoms. The van der Waals surface area contributed by atoms with Crippen molar-refractivity contribution in [1.82, 2.24) is 0 Å². The molecule has 56 heavy (non-hydrogen) atoms. The van der Waals surface area contributed by atoms with Gasteiger partial charge in [-0.1, -0.05) is 140 Å². The monoisotopic (exact) mass is 722 g/mol. The van der Waals surface area contributed by atoms with E-state index in [4.69, 9.17) is 0 Å². The topological polar surface area (TPSA) is 6.48 Å². The molecule has 0 heterocycles. The van der Waals surface area contributed by atoms with E-state index in [0.29, 0.717) is 0 Å². The molecule has 0 fully saturated rings. The van der Waals surface area contributed by atoms with Gasteiger partial charge in [0, 0.05) is 39.5 Å². The predicted molar refractivity (Wildman–Crippen MR) is 238 cm³/mol. The second kappa shape index (κ2) is 14.2. The summed E-state index contributed by atoms with van der Waals surface area (Å²) in [7, 11) is 0. The third-order valence-corrected chi connectivity index (χ3v) is 11.5. The van der Waals surface area contributed by atoms with E-state index in [9.17, 15) is 0 Å². The molecule has 1 aliphatic carbocycles. The number of rotatable bonds is 8. The van der Waals surface area contributed by atoms with Gasteiger partial charge in [0.05, 0.1) is 0 Å². The average molecular weight is 723 g/mol. The second-order valence-corrected chi connectivity index (χ2v) is 15.7. The summed E-state index contributed by atoms with van der Waals surface area (Å²) in [6.07, 6.45) is 0. The van der Waals surface area contributed by atoms with Crippen LogP contribution in [0.25, 0.3) is 33.4 Å². The number of benzene rings is 8. The fourth-order valence-electron chi connectivity index (χ4n) is 8.28. The smallest absolute Gasteiger partial charge is 0.0462 e. The van der Waals surface area contributed by atoms with Crippen LogP contribution in [-0.2, 0) is 5.41 Å². The van der Waals surface area contributed by atoms with Gasteiger partial charge in [-0.05, 0) is 144 Å². The van der Waals surface area contributed by atoms with Crippen LogP contribution in [0.3, 0.4) is 0 Å². The first-order chi connectivity index (χ1) is 27.2. The lowest BCUT2D eigenvalue weighted by Gasteiger charge is -2.26. The third-order valence-electron chi connectivity index (χ3n) is 11.5. The molecular weight excluding hydrogens is 677 g/mol. The van der Waals surface area contributed by atoms with Crippen molar-refractivity contribution in [2.75, 3.05) is 9.80 Å².